The number of rotatable bonds is 13. The summed E-state index contributed by atoms with van der Waals surface area (Å²) in [6.45, 7) is 5.69. The average molecular weight is 381 g/mol. The van der Waals surface area contributed by atoms with Gasteiger partial charge in [0.15, 0.2) is 6.10 Å². The zero-order valence-electron chi connectivity index (χ0n) is 16.5. The summed E-state index contributed by atoms with van der Waals surface area (Å²) in [7, 11) is 1.38. The lowest BCUT2D eigenvalue weighted by molar-refractivity contribution is -0.149. The van der Waals surface area contributed by atoms with Crippen molar-refractivity contribution in [3.8, 4) is 5.75 Å². The second-order valence-electron chi connectivity index (χ2n) is 6.14. The number of benzene rings is 1. The van der Waals surface area contributed by atoms with Crippen molar-refractivity contribution in [3.05, 3.63) is 29.8 Å². The van der Waals surface area contributed by atoms with E-state index in [4.69, 9.17) is 19.3 Å². The number of ether oxygens (including phenoxy) is 3. The summed E-state index contributed by atoms with van der Waals surface area (Å²) >= 11 is 0. The van der Waals surface area contributed by atoms with Gasteiger partial charge in [-0.15, -0.1) is 0 Å². The third-order valence-corrected chi connectivity index (χ3v) is 4.08. The van der Waals surface area contributed by atoms with E-state index in [2.05, 4.69) is 6.92 Å². The van der Waals surface area contributed by atoms with Gasteiger partial charge in [0.1, 0.15) is 12.4 Å². The molecule has 7 nitrogen and oxygen atoms in total. The summed E-state index contributed by atoms with van der Waals surface area (Å²) < 4.78 is 15.7. The molecule has 7 heteroatoms. The first kappa shape index (κ1) is 22.8. The molecule has 0 saturated carbocycles. The van der Waals surface area contributed by atoms with E-state index in [1.807, 2.05) is 12.1 Å². The smallest absolute Gasteiger partial charge is 0.409 e. The van der Waals surface area contributed by atoms with Crippen LogP contribution in [0.4, 0.5) is 4.79 Å². The molecule has 27 heavy (non-hydrogen) atoms. The second kappa shape index (κ2) is 13.0. The number of aliphatic carboxylic acids is 1. The molecule has 1 rings (SSSR count). The Kier molecular flexibility index (Phi) is 10.9. The van der Waals surface area contributed by atoms with Crippen molar-refractivity contribution in [2.24, 2.45) is 0 Å². The number of nitrogens with zero attached hydrogens (tertiary/aromatic N) is 1. The summed E-state index contributed by atoms with van der Waals surface area (Å²) in [6.07, 6.45) is 2.19. The monoisotopic (exact) mass is 381 g/mol. The van der Waals surface area contributed by atoms with E-state index in [9.17, 15) is 9.59 Å². The third kappa shape index (κ3) is 8.77. The van der Waals surface area contributed by atoms with Crippen LogP contribution in [-0.2, 0) is 20.7 Å². The van der Waals surface area contributed by atoms with Crippen molar-refractivity contribution >= 4 is 12.1 Å². The molecular formula is C20H31NO6. The van der Waals surface area contributed by atoms with E-state index in [0.29, 0.717) is 38.5 Å². The number of hydrogen-bond acceptors (Lipinski definition) is 5. The Balaban J connectivity index is 2.49. The molecule has 1 amide bonds. The van der Waals surface area contributed by atoms with Gasteiger partial charge in [0.2, 0.25) is 0 Å². The van der Waals surface area contributed by atoms with Gasteiger partial charge in [-0.05, 0) is 31.0 Å². The van der Waals surface area contributed by atoms with E-state index in [-0.39, 0.29) is 6.09 Å². The van der Waals surface area contributed by atoms with Gasteiger partial charge in [0.05, 0.1) is 13.7 Å². The van der Waals surface area contributed by atoms with Crippen LogP contribution < -0.4 is 4.74 Å². The first-order valence-electron chi connectivity index (χ1n) is 9.40. The number of carbonyl (C=O) groups excluding carboxylic acids is 1. The molecule has 0 heterocycles. The molecular weight excluding hydrogens is 350 g/mol. The van der Waals surface area contributed by atoms with Crippen LogP contribution >= 0.6 is 0 Å². The molecule has 0 fully saturated rings. The lowest BCUT2D eigenvalue weighted by atomic mass is 10.1. The summed E-state index contributed by atoms with van der Waals surface area (Å²) in [6, 6.07) is 7.23. The molecule has 1 aromatic carbocycles. The van der Waals surface area contributed by atoms with Gasteiger partial charge in [-0.2, -0.15) is 0 Å². The fraction of sp³-hybridized carbons (Fsp3) is 0.600. The number of carboxylic acids is 1. The largest absolute Gasteiger partial charge is 0.492 e. The van der Waals surface area contributed by atoms with Gasteiger partial charge in [-0.3, -0.25) is 0 Å². The fourth-order valence-corrected chi connectivity index (χ4v) is 2.60. The van der Waals surface area contributed by atoms with Crippen LogP contribution in [0.2, 0.25) is 0 Å². The molecule has 0 aromatic heterocycles. The summed E-state index contributed by atoms with van der Waals surface area (Å²) in [5, 5.41) is 9.14. The lowest BCUT2D eigenvalue weighted by Gasteiger charge is -2.21. The molecule has 0 bridgehead atoms. The van der Waals surface area contributed by atoms with Gasteiger partial charge >= 0.3 is 12.1 Å². The summed E-state index contributed by atoms with van der Waals surface area (Å²) in [5.74, 6) is -0.302. The van der Waals surface area contributed by atoms with Crippen LogP contribution in [0.15, 0.2) is 24.3 Å². The highest BCUT2D eigenvalue weighted by atomic mass is 16.5. The highest BCUT2D eigenvalue weighted by Crippen LogP contribution is 2.15. The molecule has 0 aliphatic carbocycles. The van der Waals surface area contributed by atoms with Crippen molar-refractivity contribution in [3.63, 3.8) is 0 Å². The highest BCUT2D eigenvalue weighted by molar-refractivity contribution is 5.72. The second-order valence-corrected chi connectivity index (χ2v) is 6.14. The normalized spacial score (nSPS) is 11.7. The fourth-order valence-electron chi connectivity index (χ4n) is 2.60. The number of unbranched alkanes of at least 4 members (excludes halogenated alkanes) is 2. The first-order valence-corrected chi connectivity index (χ1v) is 9.40. The van der Waals surface area contributed by atoms with E-state index in [1.54, 1.807) is 24.0 Å². The van der Waals surface area contributed by atoms with E-state index >= 15 is 0 Å². The van der Waals surface area contributed by atoms with Gasteiger partial charge in [0, 0.05) is 19.6 Å². The standard InChI is InChI=1S/C20H31NO6/c1-4-6-7-12-21(20(24)25-3)13-14-27-17-10-8-16(9-11-17)15-18(19(22)23)26-5-2/h8-11,18H,4-7,12-15H2,1-3H3,(H,22,23). The average Bonchev–Trinajstić information content (AvgIpc) is 2.67. The molecule has 0 spiro atoms. The maximum Gasteiger partial charge on any atom is 0.409 e. The van der Waals surface area contributed by atoms with Crippen molar-refractivity contribution in [1.29, 1.82) is 0 Å². The minimum absolute atomic E-state index is 0.303. The van der Waals surface area contributed by atoms with Gasteiger partial charge in [-0.25, -0.2) is 9.59 Å². The van der Waals surface area contributed by atoms with Crippen LogP contribution in [0.3, 0.4) is 0 Å². The Morgan fingerprint density at radius 2 is 1.81 bits per heavy atom. The molecule has 1 aromatic rings. The Hall–Kier alpha value is -2.28. The van der Waals surface area contributed by atoms with Gasteiger partial charge in [0.25, 0.3) is 0 Å². The number of methoxy groups -OCH3 is 1. The minimum atomic E-state index is -0.969. The van der Waals surface area contributed by atoms with Crippen LogP contribution in [0.25, 0.3) is 0 Å². The maximum absolute atomic E-state index is 11.8. The Labute approximate surface area is 161 Å². The molecule has 0 aliphatic rings. The topological polar surface area (TPSA) is 85.3 Å². The molecule has 1 atom stereocenters. The summed E-state index contributed by atoms with van der Waals surface area (Å²) in [4.78, 5) is 24.6. The molecule has 0 radical (unpaired) electrons. The highest BCUT2D eigenvalue weighted by Gasteiger charge is 2.18. The Morgan fingerprint density at radius 1 is 1.11 bits per heavy atom. The molecule has 1 unspecified atom stereocenters. The number of carbonyl (C=O) groups is 2. The van der Waals surface area contributed by atoms with Crippen LogP contribution in [0.1, 0.15) is 38.7 Å². The molecule has 0 aliphatic heterocycles. The zero-order valence-corrected chi connectivity index (χ0v) is 16.5. The zero-order chi connectivity index (χ0) is 20.1. The van der Waals surface area contributed by atoms with Crippen molar-refractivity contribution < 1.29 is 28.9 Å². The van der Waals surface area contributed by atoms with Gasteiger partial charge in [-0.1, -0.05) is 31.9 Å². The first-order chi connectivity index (χ1) is 13.0. The Morgan fingerprint density at radius 3 is 2.37 bits per heavy atom. The SMILES string of the molecule is CCCCCN(CCOc1ccc(CC(OCC)C(=O)O)cc1)C(=O)OC. The van der Waals surface area contributed by atoms with E-state index in [0.717, 1.165) is 24.8 Å². The number of amides is 1. The molecule has 1 N–H and O–H groups in total. The van der Waals surface area contributed by atoms with Crippen LogP contribution in [-0.4, -0.2) is 61.6 Å². The third-order valence-electron chi connectivity index (χ3n) is 4.08. The van der Waals surface area contributed by atoms with Crippen molar-refractivity contribution in [2.45, 2.75) is 45.6 Å². The van der Waals surface area contributed by atoms with E-state index in [1.165, 1.54) is 7.11 Å². The predicted octanol–water partition coefficient (Wildman–Crippen LogP) is 3.36. The number of hydrogen-bond donors (Lipinski definition) is 1. The quantitative estimate of drug-likeness (QED) is 0.528. The minimum Gasteiger partial charge on any atom is -0.492 e. The maximum atomic E-state index is 11.8. The Bertz CT molecular complexity index is 560. The van der Waals surface area contributed by atoms with Crippen molar-refractivity contribution in [1.82, 2.24) is 4.90 Å². The number of carboxylic acid groups (broad SMARTS) is 1. The van der Waals surface area contributed by atoms with Crippen LogP contribution in [0, 0.1) is 0 Å². The predicted molar refractivity (Wildman–Crippen MR) is 102 cm³/mol. The van der Waals surface area contributed by atoms with Gasteiger partial charge < -0.3 is 24.2 Å². The van der Waals surface area contributed by atoms with Crippen LogP contribution in [0.5, 0.6) is 5.75 Å². The van der Waals surface area contributed by atoms with Crippen molar-refractivity contribution in [2.75, 3.05) is 33.4 Å². The van der Waals surface area contributed by atoms with E-state index < -0.39 is 12.1 Å². The summed E-state index contributed by atoms with van der Waals surface area (Å²) in [5.41, 5.74) is 0.860. The molecule has 152 valence electrons. The lowest BCUT2D eigenvalue weighted by Crippen LogP contribution is -2.35. The molecule has 0 saturated heterocycles.